The zero-order valence-electron chi connectivity index (χ0n) is 32.0. The van der Waals surface area contributed by atoms with Crippen molar-refractivity contribution >= 4 is 11.9 Å². The van der Waals surface area contributed by atoms with E-state index < -0.39 is 5.97 Å². The number of esters is 1. The van der Waals surface area contributed by atoms with Crippen molar-refractivity contribution in [3.05, 3.63) is 0 Å². The van der Waals surface area contributed by atoms with E-state index in [1.807, 2.05) is 0 Å². The molecule has 0 aromatic rings. The van der Waals surface area contributed by atoms with Crippen LogP contribution in [0.4, 0.5) is 0 Å². The van der Waals surface area contributed by atoms with Crippen LogP contribution >= 0.6 is 0 Å². The molecule has 0 bridgehead atoms. The number of unbranched alkanes of at least 4 members (excludes halogenated alkanes) is 27. The molecular weight excluding hydrogens is 568 g/mol. The maximum Gasteiger partial charge on any atom is 0.305 e. The number of carbonyl (C=O) groups is 2. The van der Waals surface area contributed by atoms with Gasteiger partial charge in [-0.1, -0.05) is 214 Å². The van der Waals surface area contributed by atoms with Crippen LogP contribution in [0, 0.1) is 5.92 Å². The molecule has 0 aliphatic carbocycles. The molecule has 1 unspecified atom stereocenters. The Kier molecular flexibility index (Phi) is 42.9. The molecule has 0 radical (unpaired) electrons. The average molecular weight is 653 g/mol. The summed E-state index contributed by atoms with van der Waals surface area (Å²) in [7, 11) is 0. The molecular formula is C42H84O4. The summed E-state index contributed by atoms with van der Waals surface area (Å²) in [5.41, 5.74) is 0. The Labute approximate surface area is 289 Å². The van der Waals surface area contributed by atoms with E-state index in [2.05, 4.69) is 27.7 Å². The minimum Gasteiger partial charge on any atom is -0.481 e. The normalized spacial score (nSPS) is 11.7. The van der Waals surface area contributed by atoms with Gasteiger partial charge in [-0.15, -0.1) is 0 Å². The first-order valence-corrected chi connectivity index (χ1v) is 20.9. The molecule has 46 heavy (non-hydrogen) atoms. The van der Waals surface area contributed by atoms with Gasteiger partial charge in [0.2, 0.25) is 0 Å². The van der Waals surface area contributed by atoms with Gasteiger partial charge in [-0.25, -0.2) is 0 Å². The molecule has 1 atom stereocenters. The van der Waals surface area contributed by atoms with Crippen molar-refractivity contribution in [1.29, 1.82) is 0 Å². The summed E-state index contributed by atoms with van der Waals surface area (Å²) >= 11 is 0. The van der Waals surface area contributed by atoms with Crippen molar-refractivity contribution in [1.82, 2.24) is 0 Å². The molecule has 0 spiro atoms. The van der Waals surface area contributed by atoms with Crippen LogP contribution in [0.25, 0.3) is 0 Å². The van der Waals surface area contributed by atoms with Crippen LogP contribution in [-0.4, -0.2) is 23.7 Å². The molecule has 0 aliphatic rings. The van der Waals surface area contributed by atoms with Gasteiger partial charge in [0.1, 0.15) is 0 Å². The monoisotopic (exact) mass is 653 g/mol. The lowest BCUT2D eigenvalue weighted by molar-refractivity contribution is -0.145. The lowest BCUT2D eigenvalue weighted by Gasteiger charge is -2.14. The number of aliphatic carboxylic acids is 1. The average Bonchev–Trinajstić information content (AvgIpc) is 3.05. The number of ether oxygens (including phenoxy) is 1. The molecule has 0 amide bonds. The molecule has 0 aromatic heterocycles. The predicted octanol–water partition coefficient (Wildman–Crippen LogP) is 14.6. The van der Waals surface area contributed by atoms with Crippen molar-refractivity contribution < 1.29 is 19.4 Å². The standard InChI is InChI=1S/C26H52O2.C16H32O2/c1-4-7-9-10-11-12-13-14-15-16-17-18-19-20-21-23-26(27)28-24-25(6-3)22-8-5-2;1-2-3-4-5-6-7-8-9-10-11-12-13-14-15-16(17)18/h25H,4-24H2,1-3H3;2-15H2,1H3,(H,17,18). The summed E-state index contributed by atoms with van der Waals surface area (Å²) in [6.45, 7) is 9.59. The minimum atomic E-state index is -0.655. The lowest BCUT2D eigenvalue weighted by atomic mass is 10.0. The van der Waals surface area contributed by atoms with Crippen LogP contribution in [-0.2, 0) is 14.3 Å². The van der Waals surface area contributed by atoms with Gasteiger partial charge < -0.3 is 9.84 Å². The highest BCUT2D eigenvalue weighted by Crippen LogP contribution is 2.16. The molecule has 4 nitrogen and oxygen atoms in total. The smallest absolute Gasteiger partial charge is 0.305 e. The fourth-order valence-electron chi connectivity index (χ4n) is 6.12. The van der Waals surface area contributed by atoms with Crippen molar-refractivity contribution in [3.63, 3.8) is 0 Å². The van der Waals surface area contributed by atoms with Crippen LogP contribution in [0.15, 0.2) is 0 Å². The van der Waals surface area contributed by atoms with Gasteiger partial charge in [-0.2, -0.15) is 0 Å². The van der Waals surface area contributed by atoms with E-state index in [0.29, 0.717) is 25.4 Å². The first kappa shape index (κ1) is 47.1. The van der Waals surface area contributed by atoms with E-state index >= 15 is 0 Å². The van der Waals surface area contributed by atoms with Crippen molar-refractivity contribution in [2.45, 2.75) is 246 Å². The topological polar surface area (TPSA) is 63.6 Å². The van der Waals surface area contributed by atoms with Crippen molar-refractivity contribution in [3.8, 4) is 0 Å². The number of hydrogen-bond donors (Lipinski definition) is 1. The predicted molar refractivity (Wildman–Crippen MR) is 202 cm³/mol. The Balaban J connectivity index is 0. The molecule has 0 aromatic carbocycles. The van der Waals surface area contributed by atoms with Gasteiger partial charge in [-0.05, 0) is 25.2 Å². The third-order valence-corrected chi connectivity index (χ3v) is 9.50. The number of carboxylic acid groups (broad SMARTS) is 1. The van der Waals surface area contributed by atoms with E-state index in [4.69, 9.17) is 9.84 Å². The second-order valence-electron chi connectivity index (χ2n) is 14.2. The van der Waals surface area contributed by atoms with Crippen molar-refractivity contribution in [2.24, 2.45) is 5.92 Å². The van der Waals surface area contributed by atoms with Crippen LogP contribution in [0.5, 0.6) is 0 Å². The Morgan fingerprint density at radius 3 is 1.04 bits per heavy atom. The van der Waals surface area contributed by atoms with E-state index in [9.17, 15) is 9.59 Å². The number of carbonyl (C=O) groups excluding carboxylic acids is 1. The van der Waals surface area contributed by atoms with Crippen LogP contribution < -0.4 is 0 Å². The minimum absolute atomic E-state index is 0.0182. The summed E-state index contributed by atoms with van der Waals surface area (Å²) in [6.07, 6.45) is 43.0. The maximum atomic E-state index is 11.8. The summed E-state index contributed by atoms with van der Waals surface area (Å²) in [5, 5.41) is 8.49. The van der Waals surface area contributed by atoms with Crippen LogP contribution in [0.3, 0.4) is 0 Å². The SMILES string of the molecule is CCCCCCCCCCCCCCCC(=O)O.CCCCCCCCCCCCCCCCCC(=O)OCC(CC)CCCC. The molecule has 0 rings (SSSR count). The lowest BCUT2D eigenvalue weighted by Crippen LogP contribution is -2.13. The molecule has 0 saturated heterocycles. The van der Waals surface area contributed by atoms with E-state index in [0.717, 1.165) is 25.7 Å². The summed E-state index contributed by atoms with van der Waals surface area (Å²) in [5.74, 6) is -0.0762. The van der Waals surface area contributed by atoms with Gasteiger partial charge >= 0.3 is 11.9 Å². The molecule has 1 N–H and O–H groups in total. The van der Waals surface area contributed by atoms with Gasteiger partial charge in [0.05, 0.1) is 6.61 Å². The fraction of sp³-hybridized carbons (Fsp3) is 0.952. The van der Waals surface area contributed by atoms with Gasteiger partial charge in [0, 0.05) is 12.8 Å². The van der Waals surface area contributed by atoms with Crippen LogP contribution in [0.2, 0.25) is 0 Å². The second-order valence-corrected chi connectivity index (χ2v) is 14.2. The van der Waals surface area contributed by atoms with E-state index in [-0.39, 0.29) is 5.97 Å². The third-order valence-electron chi connectivity index (χ3n) is 9.50. The highest BCUT2D eigenvalue weighted by atomic mass is 16.5. The van der Waals surface area contributed by atoms with Crippen LogP contribution in [0.1, 0.15) is 246 Å². The Morgan fingerprint density at radius 1 is 0.435 bits per heavy atom. The fourth-order valence-corrected chi connectivity index (χ4v) is 6.12. The third kappa shape index (κ3) is 42.9. The first-order valence-electron chi connectivity index (χ1n) is 20.9. The van der Waals surface area contributed by atoms with E-state index in [1.165, 1.54) is 180 Å². The zero-order chi connectivity index (χ0) is 34.2. The Morgan fingerprint density at radius 2 is 0.739 bits per heavy atom. The van der Waals surface area contributed by atoms with Gasteiger partial charge in [-0.3, -0.25) is 9.59 Å². The molecule has 276 valence electrons. The largest absolute Gasteiger partial charge is 0.481 e. The Bertz CT molecular complexity index is 590. The second kappa shape index (κ2) is 42.0. The van der Waals surface area contributed by atoms with Gasteiger partial charge in [0.15, 0.2) is 0 Å². The quantitative estimate of drug-likeness (QED) is 0.0540. The zero-order valence-corrected chi connectivity index (χ0v) is 32.0. The van der Waals surface area contributed by atoms with E-state index in [1.54, 1.807) is 0 Å². The Hall–Kier alpha value is -1.06. The number of hydrogen-bond acceptors (Lipinski definition) is 3. The first-order chi connectivity index (χ1) is 22.5. The summed E-state index contributed by atoms with van der Waals surface area (Å²) in [4.78, 5) is 22.1. The molecule has 4 heteroatoms. The molecule has 0 aliphatic heterocycles. The highest BCUT2D eigenvalue weighted by molar-refractivity contribution is 5.69. The number of rotatable bonds is 36. The van der Waals surface area contributed by atoms with Crippen molar-refractivity contribution in [2.75, 3.05) is 6.61 Å². The summed E-state index contributed by atoms with van der Waals surface area (Å²) < 4.78 is 5.47. The molecule has 0 saturated carbocycles. The van der Waals surface area contributed by atoms with Gasteiger partial charge in [0.25, 0.3) is 0 Å². The number of carboxylic acids is 1. The summed E-state index contributed by atoms with van der Waals surface area (Å²) in [6, 6.07) is 0. The molecule has 0 fully saturated rings. The maximum absolute atomic E-state index is 11.8. The molecule has 0 heterocycles. The highest BCUT2D eigenvalue weighted by Gasteiger charge is 2.09.